The summed E-state index contributed by atoms with van der Waals surface area (Å²) in [5.41, 5.74) is 4.53. The van der Waals surface area contributed by atoms with Gasteiger partial charge >= 0.3 is 0 Å². The van der Waals surface area contributed by atoms with Crippen LogP contribution in [-0.4, -0.2) is 20.7 Å². The van der Waals surface area contributed by atoms with Gasteiger partial charge in [-0.05, 0) is 25.5 Å². The molecular formula is C17H17N3O. The lowest BCUT2D eigenvalue weighted by Crippen LogP contribution is -2.01. The topological polar surface area (TPSA) is 58.6 Å². The lowest BCUT2D eigenvalue weighted by molar-refractivity contribution is 0.0982. The number of H-pyrrole nitrogens is 1. The van der Waals surface area contributed by atoms with Crippen LogP contribution in [0.3, 0.4) is 0 Å². The number of rotatable bonds is 4. The van der Waals surface area contributed by atoms with Crippen LogP contribution in [0, 0.1) is 13.8 Å². The van der Waals surface area contributed by atoms with E-state index in [9.17, 15) is 4.79 Å². The highest BCUT2D eigenvalue weighted by Gasteiger charge is 2.10. The summed E-state index contributed by atoms with van der Waals surface area (Å²) in [6, 6.07) is 11.4. The first-order valence-corrected chi connectivity index (χ1v) is 7.04. The van der Waals surface area contributed by atoms with Gasteiger partial charge in [-0.2, -0.15) is 0 Å². The Morgan fingerprint density at radius 3 is 2.67 bits per heavy atom. The molecule has 2 aromatic heterocycles. The maximum absolute atomic E-state index is 12.1. The van der Waals surface area contributed by atoms with Gasteiger partial charge in [0.1, 0.15) is 5.82 Å². The molecular weight excluding hydrogens is 262 g/mol. The van der Waals surface area contributed by atoms with Gasteiger partial charge in [-0.25, -0.2) is 9.97 Å². The number of carbonyl (C=O) groups excluding carboxylic acids is 1. The molecule has 0 radical (unpaired) electrons. The van der Waals surface area contributed by atoms with Gasteiger partial charge in [0, 0.05) is 24.1 Å². The number of nitrogens with zero attached hydrogens (tertiary/aromatic N) is 2. The van der Waals surface area contributed by atoms with E-state index in [1.165, 1.54) is 0 Å². The monoisotopic (exact) mass is 279 g/mol. The molecule has 0 saturated heterocycles. The number of benzene rings is 1. The van der Waals surface area contributed by atoms with Crippen molar-refractivity contribution in [3.8, 4) is 0 Å². The van der Waals surface area contributed by atoms with Crippen LogP contribution in [0.1, 0.15) is 33.9 Å². The number of Topliss-reactive ketones (excluding diaryl/α,β-unsaturated/α-hetero) is 1. The number of fused-ring (bicyclic) bond motifs is 1. The largest absolute Gasteiger partial charge is 0.340 e. The highest BCUT2D eigenvalue weighted by atomic mass is 16.1. The Morgan fingerprint density at radius 2 is 1.90 bits per heavy atom. The summed E-state index contributed by atoms with van der Waals surface area (Å²) < 4.78 is 0. The summed E-state index contributed by atoms with van der Waals surface area (Å²) in [5, 5.41) is 0. The predicted molar refractivity (Wildman–Crippen MR) is 82.5 cm³/mol. The summed E-state index contributed by atoms with van der Waals surface area (Å²) in [6.07, 6.45) is 1.05. The molecule has 106 valence electrons. The number of aryl methyl sites for hydroxylation is 3. The molecule has 0 spiro atoms. The second kappa shape index (κ2) is 5.48. The van der Waals surface area contributed by atoms with Crippen LogP contribution in [0.4, 0.5) is 0 Å². The fourth-order valence-corrected chi connectivity index (χ4v) is 2.47. The summed E-state index contributed by atoms with van der Waals surface area (Å²) in [6.45, 7) is 3.99. The van der Waals surface area contributed by atoms with Crippen molar-refractivity contribution >= 4 is 16.9 Å². The summed E-state index contributed by atoms with van der Waals surface area (Å²) >= 11 is 0. The van der Waals surface area contributed by atoms with Gasteiger partial charge in [-0.15, -0.1) is 0 Å². The standard InChI is InChI=1S/C17H17N3O/c1-11-10-12(2)18-17-16(11)19-15(20-17)9-8-14(21)13-6-4-3-5-7-13/h3-7,10H,8-9H2,1-2H3,(H,18,19,20). The van der Waals surface area contributed by atoms with E-state index in [1.807, 2.05) is 50.2 Å². The van der Waals surface area contributed by atoms with E-state index in [0.29, 0.717) is 12.8 Å². The highest BCUT2D eigenvalue weighted by Crippen LogP contribution is 2.16. The zero-order valence-electron chi connectivity index (χ0n) is 12.2. The number of pyridine rings is 1. The number of aromatic nitrogens is 3. The molecule has 1 aromatic carbocycles. The second-order valence-electron chi connectivity index (χ2n) is 5.25. The first-order valence-electron chi connectivity index (χ1n) is 7.04. The van der Waals surface area contributed by atoms with Crippen LogP contribution in [0.5, 0.6) is 0 Å². The maximum atomic E-state index is 12.1. The molecule has 1 N–H and O–H groups in total. The van der Waals surface area contributed by atoms with Gasteiger partial charge in [0.05, 0.1) is 5.52 Å². The maximum Gasteiger partial charge on any atom is 0.178 e. The van der Waals surface area contributed by atoms with Crippen LogP contribution >= 0.6 is 0 Å². The van der Waals surface area contributed by atoms with Gasteiger partial charge in [0.25, 0.3) is 0 Å². The average Bonchev–Trinajstić information content (AvgIpc) is 2.89. The third kappa shape index (κ3) is 2.84. The van der Waals surface area contributed by atoms with Crippen molar-refractivity contribution in [3.05, 3.63) is 59.0 Å². The van der Waals surface area contributed by atoms with Gasteiger partial charge in [0.2, 0.25) is 0 Å². The minimum Gasteiger partial charge on any atom is -0.340 e. The molecule has 0 aliphatic heterocycles. The molecule has 2 heterocycles. The van der Waals surface area contributed by atoms with Crippen molar-refractivity contribution in [1.82, 2.24) is 15.0 Å². The molecule has 3 rings (SSSR count). The summed E-state index contributed by atoms with van der Waals surface area (Å²) in [5.74, 6) is 0.951. The van der Waals surface area contributed by atoms with E-state index in [2.05, 4.69) is 15.0 Å². The molecule has 0 aliphatic carbocycles. The Kier molecular flexibility index (Phi) is 3.52. The van der Waals surface area contributed by atoms with Crippen molar-refractivity contribution in [1.29, 1.82) is 0 Å². The third-order valence-corrected chi connectivity index (χ3v) is 3.52. The second-order valence-corrected chi connectivity index (χ2v) is 5.25. The van der Waals surface area contributed by atoms with Crippen molar-refractivity contribution < 1.29 is 4.79 Å². The molecule has 0 amide bonds. The summed E-state index contributed by atoms with van der Waals surface area (Å²) in [7, 11) is 0. The molecule has 21 heavy (non-hydrogen) atoms. The molecule has 0 saturated carbocycles. The van der Waals surface area contributed by atoms with Gasteiger partial charge in [-0.1, -0.05) is 30.3 Å². The van der Waals surface area contributed by atoms with E-state index in [4.69, 9.17) is 0 Å². The first kappa shape index (κ1) is 13.5. The Morgan fingerprint density at radius 1 is 1.14 bits per heavy atom. The zero-order valence-corrected chi connectivity index (χ0v) is 12.2. The van der Waals surface area contributed by atoms with Crippen molar-refractivity contribution in [2.45, 2.75) is 26.7 Å². The van der Waals surface area contributed by atoms with Crippen LogP contribution in [0.2, 0.25) is 0 Å². The molecule has 4 nitrogen and oxygen atoms in total. The zero-order chi connectivity index (χ0) is 14.8. The van der Waals surface area contributed by atoms with Gasteiger partial charge in [-0.3, -0.25) is 4.79 Å². The number of nitrogens with one attached hydrogen (secondary N) is 1. The fourth-order valence-electron chi connectivity index (χ4n) is 2.47. The SMILES string of the molecule is Cc1cc(C)c2[nH]c(CCC(=O)c3ccccc3)nc2n1. The molecule has 0 atom stereocenters. The number of hydrogen-bond donors (Lipinski definition) is 1. The molecule has 4 heteroatoms. The average molecular weight is 279 g/mol. The summed E-state index contributed by atoms with van der Waals surface area (Å²) in [4.78, 5) is 24.3. The third-order valence-electron chi connectivity index (χ3n) is 3.52. The Labute approximate surface area is 123 Å². The van der Waals surface area contributed by atoms with Gasteiger partial charge < -0.3 is 4.98 Å². The Hall–Kier alpha value is -2.49. The number of hydrogen-bond acceptors (Lipinski definition) is 3. The lowest BCUT2D eigenvalue weighted by Gasteiger charge is -1.98. The highest BCUT2D eigenvalue weighted by molar-refractivity contribution is 5.96. The molecule has 3 aromatic rings. The number of imidazole rings is 1. The van der Waals surface area contributed by atoms with E-state index in [-0.39, 0.29) is 5.78 Å². The van der Waals surface area contributed by atoms with Crippen LogP contribution < -0.4 is 0 Å². The molecule has 0 unspecified atom stereocenters. The van der Waals surface area contributed by atoms with E-state index >= 15 is 0 Å². The Balaban J connectivity index is 1.77. The molecule has 0 bridgehead atoms. The smallest absolute Gasteiger partial charge is 0.178 e. The minimum absolute atomic E-state index is 0.136. The molecule has 0 aliphatic rings. The minimum atomic E-state index is 0.136. The van der Waals surface area contributed by atoms with E-state index < -0.39 is 0 Å². The van der Waals surface area contributed by atoms with Crippen molar-refractivity contribution in [2.24, 2.45) is 0 Å². The normalized spacial score (nSPS) is 11.0. The Bertz CT molecular complexity index is 790. The van der Waals surface area contributed by atoms with Crippen LogP contribution in [0.15, 0.2) is 36.4 Å². The first-order chi connectivity index (χ1) is 10.1. The number of aromatic amines is 1. The van der Waals surface area contributed by atoms with Gasteiger partial charge in [0.15, 0.2) is 11.4 Å². The van der Waals surface area contributed by atoms with Crippen molar-refractivity contribution in [2.75, 3.05) is 0 Å². The lowest BCUT2D eigenvalue weighted by atomic mass is 10.1. The number of ketones is 1. The van der Waals surface area contributed by atoms with E-state index in [1.54, 1.807) is 0 Å². The van der Waals surface area contributed by atoms with E-state index in [0.717, 1.165) is 33.8 Å². The van der Waals surface area contributed by atoms with Crippen LogP contribution in [0.25, 0.3) is 11.2 Å². The molecule has 0 fully saturated rings. The predicted octanol–water partition coefficient (Wildman–Crippen LogP) is 3.39. The number of carbonyl (C=O) groups is 1. The van der Waals surface area contributed by atoms with Crippen LogP contribution in [-0.2, 0) is 6.42 Å². The fraction of sp³-hybridized carbons (Fsp3) is 0.235. The van der Waals surface area contributed by atoms with Crippen molar-refractivity contribution in [3.63, 3.8) is 0 Å². The quantitative estimate of drug-likeness (QED) is 0.745.